The average Bonchev–Trinajstić information content (AvgIpc) is 2.93. The normalized spacial score (nSPS) is 13.0. The first-order valence-electron chi connectivity index (χ1n) is 9.42. The third-order valence-electron chi connectivity index (χ3n) is 4.39. The molecule has 0 saturated carbocycles. The van der Waals surface area contributed by atoms with Crippen molar-refractivity contribution in [2.24, 2.45) is 0 Å². The van der Waals surface area contributed by atoms with Gasteiger partial charge in [-0.05, 0) is 12.1 Å². The summed E-state index contributed by atoms with van der Waals surface area (Å²) < 4.78 is 51.3. The highest BCUT2D eigenvalue weighted by atomic mass is 28.3. The maximum atomic E-state index is 13.0. The molecule has 0 atom stereocenters. The summed E-state index contributed by atoms with van der Waals surface area (Å²) in [5, 5.41) is 0. The van der Waals surface area contributed by atoms with Crippen molar-refractivity contribution < 1.29 is 22.6 Å². The summed E-state index contributed by atoms with van der Waals surface area (Å²) in [7, 11) is 0.156. The third-order valence-corrected chi connectivity index (χ3v) is 6.10. The number of ether oxygens (including phenoxy) is 2. The van der Waals surface area contributed by atoms with E-state index in [0.717, 1.165) is 6.04 Å². The fourth-order valence-electron chi connectivity index (χ4n) is 2.88. The molecule has 0 amide bonds. The summed E-state index contributed by atoms with van der Waals surface area (Å²) >= 11 is 0. The number of aromatic amines is 1. The first-order chi connectivity index (χ1) is 13.5. The predicted molar refractivity (Wildman–Crippen MR) is 108 cm³/mol. The van der Waals surface area contributed by atoms with Crippen molar-refractivity contribution in [2.45, 2.75) is 45.1 Å². The number of methoxy groups -OCH3 is 1. The maximum absolute atomic E-state index is 13.0. The number of aromatic nitrogens is 3. The van der Waals surface area contributed by atoms with Gasteiger partial charge < -0.3 is 19.0 Å². The summed E-state index contributed by atoms with van der Waals surface area (Å²) in [4.78, 5) is 20.2. The van der Waals surface area contributed by atoms with Crippen molar-refractivity contribution in [2.75, 3.05) is 33.4 Å². The van der Waals surface area contributed by atoms with Crippen LogP contribution < -0.4 is 5.56 Å². The molecule has 0 saturated heterocycles. The van der Waals surface area contributed by atoms with Crippen molar-refractivity contribution in [3.63, 3.8) is 0 Å². The molecule has 2 heterocycles. The van der Waals surface area contributed by atoms with Gasteiger partial charge in [-0.3, -0.25) is 9.69 Å². The second-order valence-corrected chi connectivity index (χ2v) is 13.8. The largest absolute Gasteiger partial charge is 0.401 e. The summed E-state index contributed by atoms with van der Waals surface area (Å²) in [5.74, 6) is 0. The predicted octanol–water partition coefficient (Wildman–Crippen LogP) is 3.05. The van der Waals surface area contributed by atoms with E-state index in [1.807, 2.05) is 0 Å². The number of rotatable bonds is 11. The Balaban J connectivity index is 2.27. The fraction of sp³-hybridized carbons (Fsp3) is 0.667. The van der Waals surface area contributed by atoms with Gasteiger partial charge in [0.1, 0.15) is 12.2 Å². The molecule has 0 aromatic carbocycles. The molecule has 0 spiro atoms. The molecule has 0 radical (unpaired) electrons. The molecular weight excluding hydrogens is 405 g/mol. The van der Waals surface area contributed by atoms with Gasteiger partial charge in [-0.1, -0.05) is 19.6 Å². The van der Waals surface area contributed by atoms with Crippen molar-refractivity contribution in [3.05, 3.63) is 28.4 Å². The summed E-state index contributed by atoms with van der Waals surface area (Å²) in [6, 6.07) is 2.59. The van der Waals surface area contributed by atoms with E-state index < -0.39 is 20.8 Å². The first kappa shape index (κ1) is 23.6. The molecule has 0 aliphatic rings. The zero-order valence-electron chi connectivity index (χ0n) is 17.3. The molecule has 1 N–H and O–H groups in total. The number of hydrogen-bond donors (Lipinski definition) is 1. The summed E-state index contributed by atoms with van der Waals surface area (Å²) in [6.07, 6.45) is -3.06. The van der Waals surface area contributed by atoms with Gasteiger partial charge in [0.05, 0.1) is 25.0 Å². The highest BCUT2D eigenvalue weighted by molar-refractivity contribution is 6.76. The third kappa shape index (κ3) is 7.57. The zero-order valence-corrected chi connectivity index (χ0v) is 18.3. The molecule has 0 aliphatic carbocycles. The molecule has 0 bridgehead atoms. The van der Waals surface area contributed by atoms with E-state index in [0.29, 0.717) is 23.3 Å². The minimum atomic E-state index is -4.34. The van der Waals surface area contributed by atoms with Gasteiger partial charge in [0.15, 0.2) is 0 Å². The molecule has 0 fully saturated rings. The maximum Gasteiger partial charge on any atom is 0.401 e. The Morgan fingerprint density at radius 2 is 2.00 bits per heavy atom. The minimum Gasteiger partial charge on any atom is -0.383 e. The van der Waals surface area contributed by atoms with Crippen LogP contribution in [0.1, 0.15) is 5.69 Å². The Labute approximate surface area is 168 Å². The standard InChI is InChI=1S/C18H29F3N4O3Si/c1-27-6-5-24(11-18(19,20)21)10-14-9-15-16(17(26)23-12-22-15)25(14)13-28-7-8-29(2,3)4/h9,12H,5-8,10-11,13H2,1-4H3,(H,22,23,26). The molecule has 2 aromatic heterocycles. The van der Waals surface area contributed by atoms with E-state index in [9.17, 15) is 18.0 Å². The number of alkyl halides is 3. The lowest BCUT2D eigenvalue weighted by Crippen LogP contribution is -2.36. The average molecular weight is 435 g/mol. The number of nitrogens with one attached hydrogen (secondary N) is 1. The lowest BCUT2D eigenvalue weighted by Gasteiger charge is -2.24. The van der Waals surface area contributed by atoms with Crippen LogP contribution in [-0.2, 0) is 22.7 Å². The van der Waals surface area contributed by atoms with Crippen molar-refractivity contribution in [1.82, 2.24) is 19.4 Å². The van der Waals surface area contributed by atoms with Crippen LogP contribution >= 0.6 is 0 Å². The molecule has 164 valence electrons. The SMILES string of the molecule is COCCN(Cc1cc2nc[nH]c(=O)c2n1COCC[Si](C)(C)C)CC(F)(F)F. The molecule has 29 heavy (non-hydrogen) atoms. The summed E-state index contributed by atoms with van der Waals surface area (Å²) in [6.45, 7) is 6.50. The second-order valence-electron chi connectivity index (χ2n) is 8.20. The zero-order chi connectivity index (χ0) is 21.7. The van der Waals surface area contributed by atoms with Gasteiger partial charge in [-0.2, -0.15) is 13.2 Å². The Bertz CT molecular complexity index is 845. The van der Waals surface area contributed by atoms with Crippen molar-refractivity contribution >= 4 is 19.1 Å². The van der Waals surface area contributed by atoms with E-state index in [2.05, 4.69) is 29.6 Å². The number of fused-ring (bicyclic) bond motifs is 1. The monoisotopic (exact) mass is 434 g/mol. The van der Waals surface area contributed by atoms with Gasteiger partial charge in [0, 0.05) is 40.6 Å². The molecule has 0 unspecified atom stereocenters. The lowest BCUT2D eigenvalue weighted by atomic mass is 10.3. The quantitative estimate of drug-likeness (QED) is 0.435. The van der Waals surface area contributed by atoms with Crippen LogP contribution in [0.25, 0.3) is 11.0 Å². The number of nitrogens with zero attached hydrogens (tertiary/aromatic N) is 3. The Hall–Kier alpha value is -1.69. The Morgan fingerprint density at radius 1 is 1.28 bits per heavy atom. The van der Waals surface area contributed by atoms with E-state index in [-0.39, 0.29) is 32.0 Å². The molecular formula is C18H29F3N4O3Si. The number of hydrogen-bond acceptors (Lipinski definition) is 5. The van der Waals surface area contributed by atoms with E-state index >= 15 is 0 Å². The van der Waals surface area contributed by atoms with E-state index in [1.54, 1.807) is 10.6 Å². The van der Waals surface area contributed by atoms with Crippen LogP contribution in [0.4, 0.5) is 13.2 Å². The van der Waals surface area contributed by atoms with Crippen molar-refractivity contribution in [1.29, 1.82) is 0 Å². The van der Waals surface area contributed by atoms with Crippen molar-refractivity contribution in [3.8, 4) is 0 Å². The van der Waals surface area contributed by atoms with Gasteiger partial charge in [0.2, 0.25) is 0 Å². The van der Waals surface area contributed by atoms with E-state index in [4.69, 9.17) is 9.47 Å². The Morgan fingerprint density at radius 3 is 2.62 bits per heavy atom. The van der Waals surface area contributed by atoms with Crippen LogP contribution in [-0.4, -0.2) is 67.1 Å². The van der Waals surface area contributed by atoms with Crippen LogP contribution in [0.5, 0.6) is 0 Å². The second kappa shape index (κ2) is 9.87. The van der Waals surface area contributed by atoms with Crippen LogP contribution in [0.2, 0.25) is 25.7 Å². The lowest BCUT2D eigenvalue weighted by molar-refractivity contribution is -0.148. The number of halogens is 3. The minimum absolute atomic E-state index is 0.00392. The smallest absolute Gasteiger partial charge is 0.383 e. The number of H-pyrrole nitrogens is 1. The van der Waals surface area contributed by atoms with Crippen LogP contribution in [0, 0.1) is 0 Å². The molecule has 2 rings (SSSR count). The van der Waals surface area contributed by atoms with Crippen LogP contribution in [0.15, 0.2) is 17.2 Å². The van der Waals surface area contributed by atoms with Gasteiger partial charge in [-0.15, -0.1) is 0 Å². The first-order valence-corrected chi connectivity index (χ1v) is 13.1. The molecule has 0 aliphatic heterocycles. The van der Waals surface area contributed by atoms with Gasteiger partial charge in [0.25, 0.3) is 5.56 Å². The van der Waals surface area contributed by atoms with E-state index in [1.165, 1.54) is 18.3 Å². The van der Waals surface area contributed by atoms with Crippen LogP contribution in [0.3, 0.4) is 0 Å². The molecule has 7 nitrogen and oxygen atoms in total. The highest BCUT2D eigenvalue weighted by Crippen LogP contribution is 2.21. The highest BCUT2D eigenvalue weighted by Gasteiger charge is 2.31. The molecule has 2 aromatic rings. The fourth-order valence-corrected chi connectivity index (χ4v) is 3.64. The topological polar surface area (TPSA) is 72.4 Å². The molecule has 11 heteroatoms. The Kier molecular flexibility index (Phi) is 8.03. The summed E-state index contributed by atoms with van der Waals surface area (Å²) in [5.41, 5.74) is 0.914. The van der Waals surface area contributed by atoms with Gasteiger partial charge >= 0.3 is 6.18 Å². The van der Waals surface area contributed by atoms with Gasteiger partial charge in [-0.25, -0.2) is 4.98 Å².